The van der Waals surface area contributed by atoms with Crippen LogP contribution in [0.25, 0.3) is 6.08 Å². The second-order valence-corrected chi connectivity index (χ2v) is 8.56. The Morgan fingerprint density at radius 2 is 2.03 bits per heavy atom. The second kappa shape index (κ2) is 8.88. The Balaban J connectivity index is 1.23. The summed E-state index contributed by atoms with van der Waals surface area (Å²) in [7, 11) is 0. The Kier molecular flexibility index (Phi) is 6.06. The van der Waals surface area contributed by atoms with Crippen LogP contribution in [-0.4, -0.2) is 53.0 Å². The van der Waals surface area contributed by atoms with Crippen LogP contribution in [0.3, 0.4) is 0 Å². The highest BCUT2D eigenvalue weighted by Crippen LogP contribution is 2.39. The van der Waals surface area contributed by atoms with Gasteiger partial charge in [0.15, 0.2) is 0 Å². The summed E-state index contributed by atoms with van der Waals surface area (Å²) in [6.45, 7) is 1.92. The Morgan fingerprint density at radius 3 is 2.76 bits per heavy atom. The molecule has 2 saturated heterocycles. The fraction of sp³-hybridized carbons (Fsp3) is 0.409. The standard InChI is InChI=1S/C22H25N3O3S/c26-20(4-3-19-2-1-15-29-19)24-16-18-5-8-22(28-18)9-13-25(14-10-22)21(27)17-6-11-23-12-7-17/h1-4,6-7,11-12,15,18H,5,8-10,13-14,16H2,(H,24,26). The molecule has 0 radical (unpaired) electrons. The van der Waals surface area contributed by atoms with Crippen molar-refractivity contribution in [2.45, 2.75) is 37.4 Å². The Morgan fingerprint density at radius 1 is 1.24 bits per heavy atom. The zero-order valence-corrected chi connectivity index (χ0v) is 17.1. The summed E-state index contributed by atoms with van der Waals surface area (Å²) in [4.78, 5) is 31.5. The van der Waals surface area contributed by atoms with Gasteiger partial charge in [0.25, 0.3) is 5.91 Å². The van der Waals surface area contributed by atoms with Crippen molar-refractivity contribution in [3.63, 3.8) is 0 Å². The van der Waals surface area contributed by atoms with Gasteiger partial charge >= 0.3 is 0 Å². The van der Waals surface area contributed by atoms with Gasteiger partial charge in [-0.25, -0.2) is 0 Å². The summed E-state index contributed by atoms with van der Waals surface area (Å²) in [5.41, 5.74) is 0.525. The lowest BCUT2D eigenvalue weighted by molar-refractivity contribution is -0.118. The van der Waals surface area contributed by atoms with Gasteiger partial charge in [0.1, 0.15) is 0 Å². The van der Waals surface area contributed by atoms with Crippen molar-refractivity contribution in [3.05, 3.63) is 58.6 Å². The third kappa shape index (κ3) is 4.92. The van der Waals surface area contributed by atoms with Crippen molar-refractivity contribution in [1.82, 2.24) is 15.2 Å². The van der Waals surface area contributed by atoms with E-state index in [1.807, 2.05) is 28.5 Å². The molecule has 29 heavy (non-hydrogen) atoms. The number of hydrogen-bond donors (Lipinski definition) is 1. The molecule has 1 atom stereocenters. The Labute approximate surface area is 174 Å². The maximum Gasteiger partial charge on any atom is 0.253 e. The number of ether oxygens (including phenoxy) is 1. The number of pyridine rings is 1. The summed E-state index contributed by atoms with van der Waals surface area (Å²) < 4.78 is 6.34. The van der Waals surface area contributed by atoms with E-state index in [4.69, 9.17) is 4.74 Å². The first-order valence-corrected chi connectivity index (χ1v) is 10.9. The summed E-state index contributed by atoms with van der Waals surface area (Å²) >= 11 is 1.60. The highest BCUT2D eigenvalue weighted by Gasteiger charge is 2.43. The van der Waals surface area contributed by atoms with Gasteiger partial charge in [-0.15, -0.1) is 11.3 Å². The van der Waals surface area contributed by atoms with Crippen molar-refractivity contribution in [3.8, 4) is 0 Å². The fourth-order valence-electron chi connectivity index (χ4n) is 4.02. The number of thiophene rings is 1. The summed E-state index contributed by atoms with van der Waals surface area (Å²) in [6, 6.07) is 7.45. The highest BCUT2D eigenvalue weighted by molar-refractivity contribution is 7.10. The molecule has 2 aliphatic heterocycles. The third-order valence-electron chi connectivity index (χ3n) is 5.67. The van der Waals surface area contributed by atoms with E-state index in [0.717, 1.165) is 30.6 Å². The molecule has 2 aromatic heterocycles. The predicted octanol–water partition coefficient (Wildman–Crippen LogP) is 3.13. The number of hydrogen-bond acceptors (Lipinski definition) is 5. The van der Waals surface area contributed by atoms with E-state index >= 15 is 0 Å². The van der Waals surface area contributed by atoms with E-state index < -0.39 is 0 Å². The van der Waals surface area contributed by atoms with Crippen LogP contribution < -0.4 is 5.32 Å². The van der Waals surface area contributed by atoms with E-state index in [-0.39, 0.29) is 23.5 Å². The van der Waals surface area contributed by atoms with Gasteiger partial charge < -0.3 is 15.0 Å². The topological polar surface area (TPSA) is 71.5 Å². The molecule has 1 unspecified atom stereocenters. The molecule has 2 aliphatic rings. The van der Waals surface area contributed by atoms with Crippen LogP contribution in [-0.2, 0) is 9.53 Å². The van der Waals surface area contributed by atoms with E-state index in [9.17, 15) is 9.59 Å². The lowest BCUT2D eigenvalue weighted by Crippen LogP contribution is -2.47. The fourth-order valence-corrected chi connectivity index (χ4v) is 4.64. The van der Waals surface area contributed by atoms with E-state index in [1.54, 1.807) is 41.9 Å². The number of aromatic nitrogens is 1. The largest absolute Gasteiger partial charge is 0.370 e. The molecule has 0 aromatic carbocycles. The van der Waals surface area contributed by atoms with Gasteiger partial charge in [0, 0.05) is 48.5 Å². The number of nitrogens with one attached hydrogen (secondary N) is 1. The molecule has 6 nitrogen and oxygen atoms in total. The van der Waals surface area contributed by atoms with Gasteiger partial charge in [-0.2, -0.15) is 0 Å². The van der Waals surface area contributed by atoms with Crippen molar-refractivity contribution in [1.29, 1.82) is 0 Å². The predicted molar refractivity (Wildman–Crippen MR) is 113 cm³/mol. The minimum absolute atomic E-state index is 0.0385. The number of likely N-dealkylation sites (tertiary alicyclic amines) is 1. The van der Waals surface area contributed by atoms with E-state index in [0.29, 0.717) is 25.2 Å². The molecule has 152 valence electrons. The number of rotatable bonds is 5. The number of amides is 2. The first kappa shape index (κ1) is 19.8. The van der Waals surface area contributed by atoms with Gasteiger partial charge in [-0.05, 0) is 55.3 Å². The molecular formula is C22H25N3O3S. The van der Waals surface area contributed by atoms with E-state index in [2.05, 4.69) is 10.3 Å². The normalized spacial score (nSPS) is 21.0. The van der Waals surface area contributed by atoms with Crippen molar-refractivity contribution in [2.24, 2.45) is 0 Å². The molecule has 0 bridgehead atoms. The van der Waals surface area contributed by atoms with Crippen LogP contribution >= 0.6 is 11.3 Å². The van der Waals surface area contributed by atoms with Crippen LogP contribution in [0, 0.1) is 0 Å². The third-order valence-corrected chi connectivity index (χ3v) is 6.51. The first-order chi connectivity index (χ1) is 14.1. The Bertz CT molecular complexity index is 859. The van der Waals surface area contributed by atoms with E-state index in [1.165, 1.54) is 0 Å². The highest BCUT2D eigenvalue weighted by atomic mass is 32.1. The monoisotopic (exact) mass is 411 g/mol. The number of nitrogens with zero attached hydrogens (tertiary/aromatic N) is 2. The van der Waals surface area contributed by atoms with Crippen molar-refractivity contribution < 1.29 is 14.3 Å². The van der Waals surface area contributed by atoms with Crippen LogP contribution in [0.2, 0.25) is 0 Å². The molecule has 4 heterocycles. The SMILES string of the molecule is O=C(C=Cc1cccs1)NCC1CCC2(CCN(C(=O)c3ccncc3)CC2)O1. The quantitative estimate of drug-likeness (QED) is 0.768. The summed E-state index contributed by atoms with van der Waals surface area (Å²) in [5.74, 6) is -0.0395. The van der Waals surface area contributed by atoms with Crippen LogP contribution in [0.5, 0.6) is 0 Å². The molecule has 2 amide bonds. The maximum absolute atomic E-state index is 12.6. The van der Waals surface area contributed by atoms with Crippen LogP contribution in [0.4, 0.5) is 0 Å². The van der Waals surface area contributed by atoms with Crippen LogP contribution in [0.1, 0.15) is 40.9 Å². The van der Waals surface area contributed by atoms with Crippen molar-refractivity contribution in [2.75, 3.05) is 19.6 Å². The molecule has 0 aliphatic carbocycles. The lowest BCUT2D eigenvalue weighted by Gasteiger charge is -2.39. The molecule has 2 aromatic rings. The molecular weight excluding hydrogens is 386 g/mol. The average Bonchev–Trinajstić information content (AvgIpc) is 3.42. The van der Waals surface area contributed by atoms with Gasteiger partial charge in [0.2, 0.25) is 5.91 Å². The molecule has 1 N–H and O–H groups in total. The molecule has 4 rings (SSSR count). The number of piperidine rings is 1. The molecule has 0 saturated carbocycles. The molecule has 1 spiro atoms. The number of carbonyl (C=O) groups is 2. The van der Waals surface area contributed by atoms with Gasteiger partial charge in [-0.1, -0.05) is 6.07 Å². The number of carbonyl (C=O) groups excluding carboxylic acids is 2. The second-order valence-electron chi connectivity index (χ2n) is 7.58. The first-order valence-electron chi connectivity index (χ1n) is 10.0. The summed E-state index contributed by atoms with van der Waals surface area (Å²) in [6.07, 6.45) is 10.3. The lowest BCUT2D eigenvalue weighted by atomic mass is 9.88. The minimum Gasteiger partial charge on any atom is -0.370 e. The zero-order valence-electron chi connectivity index (χ0n) is 16.3. The van der Waals surface area contributed by atoms with Gasteiger partial charge in [-0.3, -0.25) is 14.6 Å². The average molecular weight is 412 g/mol. The zero-order chi connectivity index (χ0) is 20.1. The Hall–Kier alpha value is -2.51. The van der Waals surface area contributed by atoms with Crippen molar-refractivity contribution >= 4 is 29.2 Å². The van der Waals surface area contributed by atoms with Crippen LogP contribution in [0.15, 0.2) is 48.1 Å². The summed E-state index contributed by atoms with van der Waals surface area (Å²) in [5, 5.41) is 4.93. The molecule has 7 heteroatoms. The minimum atomic E-state index is -0.156. The smallest absolute Gasteiger partial charge is 0.253 e. The maximum atomic E-state index is 12.6. The molecule has 2 fully saturated rings. The van der Waals surface area contributed by atoms with Gasteiger partial charge in [0.05, 0.1) is 11.7 Å².